The molecular weight excluding hydrogens is 246 g/mol. The van der Waals surface area contributed by atoms with E-state index in [9.17, 15) is 0 Å². The van der Waals surface area contributed by atoms with Crippen LogP contribution in [-0.4, -0.2) is 16.5 Å². The van der Waals surface area contributed by atoms with Crippen molar-refractivity contribution in [3.8, 4) is 0 Å². The van der Waals surface area contributed by atoms with Crippen molar-refractivity contribution >= 4 is 17.4 Å². The number of benzene rings is 1. The standard InChI is InChI=1S/C14H16ClN3/c1-2-13-9-14(18-10-17-13)16-8-7-11-3-5-12(15)6-4-11/h3-6,9-10H,2,7-8H2,1H3,(H,16,17,18). The zero-order valence-corrected chi connectivity index (χ0v) is 11.1. The van der Waals surface area contributed by atoms with Crippen LogP contribution in [0.1, 0.15) is 18.2 Å². The van der Waals surface area contributed by atoms with Crippen molar-refractivity contribution in [2.45, 2.75) is 19.8 Å². The summed E-state index contributed by atoms with van der Waals surface area (Å²) >= 11 is 5.84. The second-order valence-corrected chi connectivity index (χ2v) is 4.49. The highest BCUT2D eigenvalue weighted by molar-refractivity contribution is 6.30. The molecule has 0 aliphatic carbocycles. The first-order valence-electron chi connectivity index (χ1n) is 6.07. The van der Waals surface area contributed by atoms with E-state index in [0.29, 0.717) is 0 Å². The predicted molar refractivity (Wildman–Crippen MR) is 75.1 cm³/mol. The van der Waals surface area contributed by atoms with Gasteiger partial charge >= 0.3 is 0 Å². The van der Waals surface area contributed by atoms with E-state index < -0.39 is 0 Å². The number of nitrogens with one attached hydrogen (secondary N) is 1. The topological polar surface area (TPSA) is 37.8 Å². The molecule has 1 aromatic carbocycles. The van der Waals surface area contributed by atoms with Crippen LogP contribution in [0.4, 0.5) is 5.82 Å². The molecule has 0 saturated carbocycles. The minimum absolute atomic E-state index is 0.773. The lowest BCUT2D eigenvalue weighted by molar-refractivity contribution is 0.968. The number of hydrogen-bond acceptors (Lipinski definition) is 3. The van der Waals surface area contributed by atoms with Gasteiger partial charge in [0, 0.05) is 23.3 Å². The molecule has 94 valence electrons. The minimum Gasteiger partial charge on any atom is -0.370 e. The van der Waals surface area contributed by atoms with Gasteiger partial charge in [0.25, 0.3) is 0 Å². The smallest absolute Gasteiger partial charge is 0.129 e. The van der Waals surface area contributed by atoms with Crippen LogP contribution in [0.2, 0.25) is 5.02 Å². The molecule has 0 aliphatic rings. The summed E-state index contributed by atoms with van der Waals surface area (Å²) in [6.45, 7) is 2.93. The SMILES string of the molecule is CCc1cc(NCCc2ccc(Cl)cc2)ncn1. The number of rotatable bonds is 5. The highest BCUT2D eigenvalue weighted by Gasteiger charge is 1.97. The molecule has 18 heavy (non-hydrogen) atoms. The second-order valence-electron chi connectivity index (χ2n) is 4.05. The Morgan fingerprint density at radius 1 is 1.17 bits per heavy atom. The Morgan fingerprint density at radius 2 is 1.94 bits per heavy atom. The summed E-state index contributed by atoms with van der Waals surface area (Å²) in [5.41, 5.74) is 2.32. The summed E-state index contributed by atoms with van der Waals surface area (Å²) in [6, 6.07) is 9.90. The van der Waals surface area contributed by atoms with Gasteiger partial charge in [-0.1, -0.05) is 30.7 Å². The molecule has 4 heteroatoms. The number of hydrogen-bond donors (Lipinski definition) is 1. The maximum absolute atomic E-state index is 5.84. The first kappa shape index (κ1) is 12.8. The predicted octanol–water partition coefficient (Wildman–Crippen LogP) is 3.35. The van der Waals surface area contributed by atoms with E-state index in [-0.39, 0.29) is 0 Å². The molecule has 1 aromatic heterocycles. The van der Waals surface area contributed by atoms with Gasteiger partial charge < -0.3 is 5.32 Å². The summed E-state index contributed by atoms with van der Waals surface area (Å²) in [6.07, 6.45) is 3.47. The Labute approximate surface area is 112 Å². The summed E-state index contributed by atoms with van der Waals surface area (Å²) < 4.78 is 0. The van der Waals surface area contributed by atoms with Crippen molar-refractivity contribution in [2.24, 2.45) is 0 Å². The normalized spacial score (nSPS) is 10.3. The van der Waals surface area contributed by atoms with Crippen molar-refractivity contribution in [3.63, 3.8) is 0 Å². The van der Waals surface area contributed by atoms with E-state index in [1.807, 2.05) is 30.3 Å². The molecule has 2 rings (SSSR count). The summed E-state index contributed by atoms with van der Waals surface area (Å²) in [4.78, 5) is 8.36. The van der Waals surface area contributed by atoms with Gasteiger partial charge in [-0.25, -0.2) is 9.97 Å². The third-order valence-electron chi connectivity index (χ3n) is 2.72. The minimum atomic E-state index is 0.773. The summed E-state index contributed by atoms with van der Waals surface area (Å²) in [5, 5.41) is 4.07. The van der Waals surface area contributed by atoms with Crippen LogP contribution in [0.15, 0.2) is 36.7 Å². The van der Waals surface area contributed by atoms with Crippen molar-refractivity contribution in [1.82, 2.24) is 9.97 Å². The number of anilines is 1. The molecule has 0 atom stereocenters. The zero-order chi connectivity index (χ0) is 12.8. The van der Waals surface area contributed by atoms with E-state index in [1.54, 1.807) is 6.33 Å². The van der Waals surface area contributed by atoms with Gasteiger partial charge in [0.1, 0.15) is 12.1 Å². The molecule has 2 aromatic rings. The van der Waals surface area contributed by atoms with Gasteiger partial charge in [0.2, 0.25) is 0 Å². The molecule has 0 saturated heterocycles. The number of aryl methyl sites for hydroxylation is 1. The van der Waals surface area contributed by atoms with Crippen LogP contribution >= 0.6 is 11.6 Å². The van der Waals surface area contributed by atoms with E-state index >= 15 is 0 Å². The number of nitrogens with zero attached hydrogens (tertiary/aromatic N) is 2. The largest absolute Gasteiger partial charge is 0.370 e. The Bertz CT molecular complexity index is 497. The van der Waals surface area contributed by atoms with E-state index in [0.717, 1.165) is 35.9 Å². The first-order chi connectivity index (χ1) is 8.78. The zero-order valence-electron chi connectivity index (χ0n) is 10.4. The molecule has 0 aliphatic heterocycles. The van der Waals surface area contributed by atoms with E-state index in [2.05, 4.69) is 22.2 Å². The monoisotopic (exact) mass is 261 g/mol. The summed E-state index contributed by atoms with van der Waals surface area (Å²) in [5.74, 6) is 0.885. The fourth-order valence-corrected chi connectivity index (χ4v) is 1.80. The van der Waals surface area contributed by atoms with E-state index in [1.165, 1.54) is 5.56 Å². The average Bonchev–Trinajstić information content (AvgIpc) is 2.41. The van der Waals surface area contributed by atoms with E-state index in [4.69, 9.17) is 11.6 Å². The van der Waals surface area contributed by atoms with Crippen molar-refractivity contribution in [3.05, 3.63) is 52.9 Å². The second kappa shape index (κ2) is 6.36. The maximum Gasteiger partial charge on any atom is 0.129 e. The van der Waals surface area contributed by atoms with Gasteiger partial charge in [-0.15, -0.1) is 0 Å². The van der Waals surface area contributed by atoms with Crippen LogP contribution in [0.3, 0.4) is 0 Å². The van der Waals surface area contributed by atoms with Gasteiger partial charge in [0.15, 0.2) is 0 Å². The van der Waals surface area contributed by atoms with Crippen LogP contribution in [0, 0.1) is 0 Å². The molecule has 0 amide bonds. The van der Waals surface area contributed by atoms with Crippen LogP contribution in [0.5, 0.6) is 0 Å². The molecule has 0 fully saturated rings. The van der Waals surface area contributed by atoms with Crippen molar-refractivity contribution in [1.29, 1.82) is 0 Å². The highest BCUT2D eigenvalue weighted by Crippen LogP contribution is 2.10. The van der Waals surface area contributed by atoms with Gasteiger partial charge in [-0.05, 0) is 30.5 Å². The lowest BCUT2D eigenvalue weighted by Gasteiger charge is -2.06. The Hall–Kier alpha value is -1.61. The highest BCUT2D eigenvalue weighted by atomic mass is 35.5. The fraction of sp³-hybridized carbons (Fsp3) is 0.286. The lowest BCUT2D eigenvalue weighted by Crippen LogP contribution is -2.07. The average molecular weight is 262 g/mol. The van der Waals surface area contributed by atoms with Gasteiger partial charge in [-0.3, -0.25) is 0 Å². The van der Waals surface area contributed by atoms with Crippen LogP contribution < -0.4 is 5.32 Å². The first-order valence-corrected chi connectivity index (χ1v) is 6.45. The maximum atomic E-state index is 5.84. The molecule has 1 N–H and O–H groups in total. The Kier molecular flexibility index (Phi) is 4.53. The fourth-order valence-electron chi connectivity index (χ4n) is 1.67. The van der Waals surface area contributed by atoms with Crippen LogP contribution in [0.25, 0.3) is 0 Å². The van der Waals surface area contributed by atoms with Gasteiger partial charge in [-0.2, -0.15) is 0 Å². The van der Waals surface area contributed by atoms with Crippen LogP contribution in [-0.2, 0) is 12.8 Å². The Balaban J connectivity index is 1.86. The number of halogens is 1. The Morgan fingerprint density at radius 3 is 2.67 bits per heavy atom. The van der Waals surface area contributed by atoms with Gasteiger partial charge in [0.05, 0.1) is 0 Å². The molecule has 1 heterocycles. The molecule has 0 unspecified atom stereocenters. The molecule has 0 spiro atoms. The molecule has 0 bridgehead atoms. The quantitative estimate of drug-likeness (QED) is 0.897. The molecule has 3 nitrogen and oxygen atoms in total. The van der Waals surface area contributed by atoms with Crippen molar-refractivity contribution < 1.29 is 0 Å². The molecular formula is C14H16ClN3. The molecule has 0 radical (unpaired) electrons. The summed E-state index contributed by atoms with van der Waals surface area (Å²) in [7, 11) is 0. The lowest BCUT2D eigenvalue weighted by atomic mass is 10.1. The van der Waals surface area contributed by atoms with Crippen molar-refractivity contribution in [2.75, 3.05) is 11.9 Å². The third-order valence-corrected chi connectivity index (χ3v) is 2.97. The number of aromatic nitrogens is 2. The third kappa shape index (κ3) is 3.70.